The van der Waals surface area contributed by atoms with E-state index >= 15 is 0 Å². The van der Waals surface area contributed by atoms with Gasteiger partial charge in [-0.15, -0.1) is 11.3 Å². The van der Waals surface area contributed by atoms with Gasteiger partial charge in [0.25, 0.3) is 0 Å². The predicted molar refractivity (Wildman–Crippen MR) is 81.4 cm³/mol. The number of ketones is 1. The first kappa shape index (κ1) is 14.2. The van der Waals surface area contributed by atoms with E-state index in [1.807, 2.05) is 6.07 Å². The van der Waals surface area contributed by atoms with Gasteiger partial charge in [-0.05, 0) is 35.2 Å². The van der Waals surface area contributed by atoms with Crippen LogP contribution in [0.5, 0.6) is 17.2 Å². The monoisotopic (exact) mass is 313 g/mol. The first-order valence-electron chi connectivity index (χ1n) is 6.40. The molecule has 0 spiro atoms. The van der Waals surface area contributed by atoms with Crippen LogP contribution in [0.4, 0.5) is 0 Å². The molecular weight excluding hydrogens is 302 g/mol. The fourth-order valence-electron chi connectivity index (χ4n) is 2.09. The number of carbonyl (C=O) groups is 1. The lowest BCUT2D eigenvalue weighted by Crippen LogP contribution is -1.99. The molecule has 0 N–H and O–H groups in total. The number of carbonyl (C=O) groups excluding carboxylic acids is 1. The van der Waals surface area contributed by atoms with Crippen molar-refractivity contribution in [1.29, 1.82) is 5.26 Å². The largest absolute Gasteiger partial charge is 0.493 e. The summed E-state index contributed by atoms with van der Waals surface area (Å²) >= 11 is 1.30. The highest BCUT2D eigenvalue weighted by Crippen LogP contribution is 2.42. The summed E-state index contributed by atoms with van der Waals surface area (Å²) in [6, 6.07) is 8.83. The van der Waals surface area contributed by atoms with Crippen LogP contribution in [0, 0.1) is 11.3 Å². The van der Waals surface area contributed by atoms with Crippen molar-refractivity contribution < 1.29 is 19.0 Å². The van der Waals surface area contributed by atoms with Crippen LogP contribution in [0.1, 0.15) is 15.2 Å². The zero-order valence-electron chi connectivity index (χ0n) is 11.7. The minimum atomic E-state index is -0.297. The quantitative estimate of drug-likeness (QED) is 0.492. The maximum atomic E-state index is 12.3. The Kier molecular flexibility index (Phi) is 3.81. The van der Waals surface area contributed by atoms with Gasteiger partial charge < -0.3 is 14.2 Å². The highest BCUT2D eigenvalue weighted by molar-refractivity contribution is 7.12. The number of benzene rings is 1. The van der Waals surface area contributed by atoms with Crippen LogP contribution in [0.2, 0.25) is 0 Å². The van der Waals surface area contributed by atoms with Crippen molar-refractivity contribution in [3.05, 3.63) is 45.7 Å². The Morgan fingerprint density at radius 1 is 1.45 bits per heavy atom. The molecule has 2 heterocycles. The third-order valence-corrected chi connectivity index (χ3v) is 3.97. The normalized spacial score (nSPS) is 12.8. The summed E-state index contributed by atoms with van der Waals surface area (Å²) in [5.74, 6) is 1.27. The molecule has 1 aromatic carbocycles. The molecule has 5 nitrogen and oxygen atoms in total. The fourth-order valence-corrected chi connectivity index (χ4v) is 2.77. The molecular formula is C16H11NO4S. The molecule has 0 saturated heterocycles. The Labute approximate surface area is 131 Å². The van der Waals surface area contributed by atoms with Crippen LogP contribution in [-0.2, 0) is 0 Å². The molecule has 0 aliphatic carbocycles. The molecule has 22 heavy (non-hydrogen) atoms. The number of thiophene rings is 1. The van der Waals surface area contributed by atoms with Gasteiger partial charge in [0.2, 0.25) is 18.3 Å². The number of allylic oxidation sites excluding steroid dienone is 1. The van der Waals surface area contributed by atoms with Crippen LogP contribution < -0.4 is 14.2 Å². The van der Waals surface area contributed by atoms with Crippen molar-refractivity contribution in [2.45, 2.75) is 0 Å². The minimum absolute atomic E-state index is 0.0587. The van der Waals surface area contributed by atoms with E-state index in [1.165, 1.54) is 24.5 Å². The van der Waals surface area contributed by atoms with Crippen molar-refractivity contribution in [1.82, 2.24) is 0 Å². The Hall–Kier alpha value is -2.78. The summed E-state index contributed by atoms with van der Waals surface area (Å²) in [6.45, 7) is 0.123. The van der Waals surface area contributed by atoms with Crippen molar-refractivity contribution in [2.24, 2.45) is 0 Å². The number of rotatable bonds is 4. The Balaban J connectivity index is 2.00. The van der Waals surface area contributed by atoms with Gasteiger partial charge in [-0.2, -0.15) is 5.26 Å². The van der Waals surface area contributed by atoms with Crippen molar-refractivity contribution in [3.8, 4) is 23.3 Å². The second kappa shape index (κ2) is 5.92. The Morgan fingerprint density at radius 3 is 3.00 bits per heavy atom. The first-order valence-corrected chi connectivity index (χ1v) is 7.28. The van der Waals surface area contributed by atoms with Gasteiger partial charge in [0, 0.05) is 0 Å². The van der Waals surface area contributed by atoms with Gasteiger partial charge in [-0.3, -0.25) is 4.79 Å². The average Bonchev–Trinajstić information content (AvgIpc) is 3.21. The molecule has 0 unspecified atom stereocenters. The Morgan fingerprint density at radius 2 is 2.32 bits per heavy atom. The summed E-state index contributed by atoms with van der Waals surface area (Å²) in [7, 11) is 1.52. The van der Waals surface area contributed by atoms with E-state index in [0.29, 0.717) is 27.7 Å². The molecule has 6 heteroatoms. The van der Waals surface area contributed by atoms with Gasteiger partial charge in [-0.1, -0.05) is 6.07 Å². The molecule has 0 radical (unpaired) electrons. The third kappa shape index (κ3) is 2.54. The zero-order valence-corrected chi connectivity index (χ0v) is 12.5. The standard InChI is InChI=1S/C16H11NO4S/c1-19-12-6-10(7-13-16(12)21-9-20-13)5-11(8-17)15(18)14-3-2-4-22-14/h2-7H,9H2,1H3/b11-5+. The number of nitrogens with zero attached hydrogens (tertiary/aromatic N) is 1. The summed E-state index contributed by atoms with van der Waals surface area (Å²) in [4.78, 5) is 12.8. The molecule has 2 aromatic rings. The molecule has 0 fully saturated rings. The number of fused-ring (bicyclic) bond motifs is 1. The topological polar surface area (TPSA) is 68.5 Å². The zero-order chi connectivity index (χ0) is 15.5. The molecule has 1 aliphatic rings. The van der Waals surface area contributed by atoms with E-state index in [1.54, 1.807) is 29.6 Å². The van der Waals surface area contributed by atoms with Crippen molar-refractivity contribution in [2.75, 3.05) is 13.9 Å². The second-order valence-corrected chi connectivity index (χ2v) is 5.38. The van der Waals surface area contributed by atoms with E-state index < -0.39 is 0 Å². The predicted octanol–water partition coefficient (Wildman–Crippen LogP) is 3.28. The van der Waals surface area contributed by atoms with Gasteiger partial charge in [0.1, 0.15) is 11.6 Å². The minimum Gasteiger partial charge on any atom is -0.493 e. The van der Waals surface area contributed by atoms with Gasteiger partial charge in [-0.25, -0.2) is 0 Å². The number of methoxy groups -OCH3 is 1. The van der Waals surface area contributed by atoms with E-state index in [2.05, 4.69) is 0 Å². The molecule has 1 aliphatic heterocycles. The highest BCUT2D eigenvalue weighted by Gasteiger charge is 2.20. The van der Waals surface area contributed by atoms with Gasteiger partial charge in [0.05, 0.1) is 12.0 Å². The summed E-state index contributed by atoms with van der Waals surface area (Å²) in [6.07, 6.45) is 1.52. The van der Waals surface area contributed by atoms with Crippen LogP contribution in [0.15, 0.2) is 35.2 Å². The molecule has 0 bridgehead atoms. The van der Waals surface area contributed by atoms with Crippen LogP contribution in [-0.4, -0.2) is 19.7 Å². The van der Waals surface area contributed by atoms with Crippen molar-refractivity contribution in [3.63, 3.8) is 0 Å². The van der Waals surface area contributed by atoms with Crippen molar-refractivity contribution >= 4 is 23.2 Å². The van der Waals surface area contributed by atoms with Gasteiger partial charge in [0.15, 0.2) is 11.5 Å². The summed E-state index contributed by atoms with van der Waals surface area (Å²) < 4.78 is 15.9. The Bertz CT molecular complexity index is 787. The maximum Gasteiger partial charge on any atom is 0.231 e. The van der Waals surface area contributed by atoms with Gasteiger partial charge >= 0.3 is 0 Å². The molecule has 0 saturated carbocycles. The summed E-state index contributed by atoms with van der Waals surface area (Å²) in [5.41, 5.74) is 0.700. The van der Waals surface area contributed by atoms with E-state index in [-0.39, 0.29) is 18.1 Å². The first-order chi connectivity index (χ1) is 10.7. The second-order valence-electron chi connectivity index (χ2n) is 4.43. The molecule has 110 valence electrons. The molecule has 3 rings (SSSR count). The van der Waals surface area contributed by atoms with E-state index in [9.17, 15) is 10.1 Å². The molecule has 0 atom stereocenters. The maximum absolute atomic E-state index is 12.3. The fraction of sp³-hybridized carbons (Fsp3) is 0.125. The smallest absolute Gasteiger partial charge is 0.231 e. The number of hydrogen-bond acceptors (Lipinski definition) is 6. The SMILES string of the molecule is COc1cc(/C=C(\C#N)C(=O)c2cccs2)cc2c1OCO2. The lowest BCUT2D eigenvalue weighted by atomic mass is 10.1. The average molecular weight is 313 g/mol. The van der Waals surface area contributed by atoms with Crippen LogP contribution in [0.25, 0.3) is 6.08 Å². The van der Waals surface area contributed by atoms with E-state index in [4.69, 9.17) is 14.2 Å². The van der Waals surface area contributed by atoms with Crippen LogP contribution in [0.3, 0.4) is 0 Å². The molecule has 0 amide bonds. The van der Waals surface area contributed by atoms with E-state index in [0.717, 1.165) is 0 Å². The lowest BCUT2D eigenvalue weighted by Gasteiger charge is -2.06. The highest BCUT2D eigenvalue weighted by atomic mass is 32.1. The number of nitriles is 1. The third-order valence-electron chi connectivity index (χ3n) is 3.10. The lowest BCUT2D eigenvalue weighted by molar-refractivity contribution is 0.104. The number of Topliss-reactive ketones (excluding diaryl/α,β-unsaturated/α-hetero) is 1. The summed E-state index contributed by atoms with van der Waals surface area (Å²) in [5, 5.41) is 11.1. The molecule has 1 aromatic heterocycles. The van der Waals surface area contributed by atoms with Crippen LogP contribution >= 0.6 is 11.3 Å². The number of hydrogen-bond donors (Lipinski definition) is 0. The number of ether oxygens (including phenoxy) is 3.